The number of likely N-dealkylation sites (tertiary alicyclic amines) is 1. The number of amides is 1. The molecule has 2 aromatic heterocycles. The van der Waals surface area contributed by atoms with Gasteiger partial charge >= 0.3 is 6.18 Å². The Hall–Kier alpha value is -2.33. The van der Waals surface area contributed by atoms with Crippen molar-refractivity contribution in [2.75, 3.05) is 13.1 Å². The molecule has 1 N–H and O–H groups in total. The number of hydrogen-bond donors (Lipinski definition) is 1. The van der Waals surface area contributed by atoms with Crippen LogP contribution in [0.2, 0.25) is 0 Å². The Bertz CT molecular complexity index is 1270. The molecule has 0 saturated carbocycles. The molecule has 1 aromatic carbocycles. The van der Waals surface area contributed by atoms with Crippen LogP contribution in [0.3, 0.4) is 0 Å². The Balaban J connectivity index is 1.59. The lowest BCUT2D eigenvalue weighted by atomic mass is 9.97. The second kappa shape index (κ2) is 9.13. The maximum atomic E-state index is 13.2. The van der Waals surface area contributed by atoms with Crippen LogP contribution in [0.1, 0.15) is 45.0 Å². The third-order valence-corrected chi connectivity index (χ3v) is 8.27. The molecular weight excluding hydrogens is 471 g/mol. The number of thiophene rings is 1. The SMILES string of the molecule is Cc1ccc(C)c(SCc2nc3sc(C(=O)N4CCCC(C(F)(F)F)C4)c(C)c3c(=O)[nH]2)c1. The van der Waals surface area contributed by atoms with Gasteiger partial charge in [-0.25, -0.2) is 4.98 Å². The molecule has 3 heterocycles. The number of halogens is 3. The van der Waals surface area contributed by atoms with Gasteiger partial charge in [0, 0.05) is 18.0 Å². The number of aryl methyl sites for hydroxylation is 3. The normalized spacial score (nSPS) is 17.0. The van der Waals surface area contributed by atoms with Gasteiger partial charge in [-0.1, -0.05) is 17.7 Å². The summed E-state index contributed by atoms with van der Waals surface area (Å²) in [7, 11) is 0. The Morgan fingerprint density at radius 3 is 2.79 bits per heavy atom. The van der Waals surface area contributed by atoms with Crippen molar-refractivity contribution in [3.63, 3.8) is 0 Å². The van der Waals surface area contributed by atoms with Gasteiger partial charge in [0.25, 0.3) is 11.5 Å². The number of nitrogens with zero attached hydrogens (tertiary/aromatic N) is 2. The highest BCUT2D eigenvalue weighted by Crippen LogP contribution is 2.35. The number of benzene rings is 1. The average molecular weight is 496 g/mol. The second-order valence-corrected chi connectivity index (χ2v) is 10.5. The molecule has 0 spiro atoms. The van der Waals surface area contributed by atoms with Crippen molar-refractivity contribution in [3.05, 3.63) is 55.9 Å². The summed E-state index contributed by atoms with van der Waals surface area (Å²) < 4.78 is 39.5. The molecule has 176 valence electrons. The summed E-state index contributed by atoms with van der Waals surface area (Å²) in [6.07, 6.45) is -3.99. The first-order valence-electron chi connectivity index (χ1n) is 10.6. The van der Waals surface area contributed by atoms with Crippen LogP contribution in [0.25, 0.3) is 10.2 Å². The van der Waals surface area contributed by atoms with Gasteiger partial charge in [-0.05, 0) is 50.8 Å². The quantitative estimate of drug-likeness (QED) is 0.478. The molecule has 1 unspecified atom stereocenters. The van der Waals surface area contributed by atoms with Crippen molar-refractivity contribution in [2.24, 2.45) is 5.92 Å². The standard InChI is InChI=1S/C23H24F3N3O2S2/c1-12-6-7-13(2)16(9-12)32-11-17-27-20(30)18-14(3)19(33-21(18)28-17)22(31)29-8-4-5-15(10-29)23(24,25)26/h6-7,9,15H,4-5,8,10-11H2,1-3H3,(H,27,28,30). The van der Waals surface area contributed by atoms with Gasteiger partial charge < -0.3 is 9.88 Å². The molecule has 1 aliphatic rings. The minimum Gasteiger partial charge on any atom is -0.337 e. The minimum absolute atomic E-state index is 0.0291. The number of aromatic amines is 1. The van der Waals surface area contributed by atoms with Crippen molar-refractivity contribution >= 4 is 39.2 Å². The molecule has 1 aliphatic heterocycles. The van der Waals surface area contributed by atoms with E-state index in [0.717, 1.165) is 27.4 Å². The number of piperidine rings is 1. The summed E-state index contributed by atoms with van der Waals surface area (Å²) in [5, 5.41) is 0.327. The van der Waals surface area contributed by atoms with Crippen molar-refractivity contribution in [1.82, 2.24) is 14.9 Å². The third-order valence-electron chi connectivity index (χ3n) is 5.92. The molecule has 4 rings (SSSR count). The van der Waals surface area contributed by atoms with Gasteiger partial charge in [0.05, 0.1) is 21.9 Å². The van der Waals surface area contributed by atoms with Crippen molar-refractivity contribution in [3.8, 4) is 0 Å². The average Bonchev–Trinajstić information content (AvgIpc) is 3.10. The maximum absolute atomic E-state index is 13.2. The van der Waals surface area contributed by atoms with Crippen LogP contribution in [0, 0.1) is 26.7 Å². The molecule has 1 atom stereocenters. The number of fused-ring (bicyclic) bond motifs is 1. The van der Waals surface area contributed by atoms with Gasteiger partial charge in [-0.3, -0.25) is 9.59 Å². The zero-order valence-electron chi connectivity index (χ0n) is 18.5. The molecule has 3 aromatic rings. The van der Waals surface area contributed by atoms with Crippen LogP contribution >= 0.6 is 23.1 Å². The fourth-order valence-corrected chi connectivity index (χ4v) is 6.20. The number of hydrogen-bond acceptors (Lipinski definition) is 5. The summed E-state index contributed by atoms with van der Waals surface area (Å²) in [4.78, 5) is 36.3. The lowest BCUT2D eigenvalue weighted by molar-refractivity contribution is -0.184. The molecule has 1 amide bonds. The first kappa shape index (κ1) is 23.8. The summed E-state index contributed by atoms with van der Waals surface area (Å²) in [5.41, 5.74) is 2.41. The van der Waals surface area contributed by atoms with E-state index in [0.29, 0.717) is 33.8 Å². The van der Waals surface area contributed by atoms with E-state index in [1.807, 2.05) is 26.0 Å². The fraction of sp³-hybridized carbons (Fsp3) is 0.435. The van der Waals surface area contributed by atoms with Crippen LogP contribution in [0.15, 0.2) is 27.9 Å². The number of nitrogens with one attached hydrogen (secondary N) is 1. The van der Waals surface area contributed by atoms with Gasteiger partial charge in [-0.2, -0.15) is 13.2 Å². The van der Waals surface area contributed by atoms with Crippen LogP contribution < -0.4 is 5.56 Å². The largest absolute Gasteiger partial charge is 0.393 e. The van der Waals surface area contributed by atoms with Gasteiger partial charge in [0.2, 0.25) is 0 Å². The first-order valence-corrected chi connectivity index (χ1v) is 12.4. The van der Waals surface area contributed by atoms with Crippen molar-refractivity contribution < 1.29 is 18.0 Å². The minimum atomic E-state index is -4.32. The molecule has 1 fully saturated rings. The smallest absolute Gasteiger partial charge is 0.337 e. The Morgan fingerprint density at radius 1 is 1.30 bits per heavy atom. The summed E-state index contributed by atoms with van der Waals surface area (Å²) in [6.45, 7) is 5.62. The predicted octanol–water partition coefficient (Wildman–Crippen LogP) is 5.62. The Labute approximate surface area is 197 Å². The molecule has 1 saturated heterocycles. The fourth-order valence-electron chi connectivity index (χ4n) is 4.04. The lowest BCUT2D eigenvalue weighted by Gasteiger charge is -2.33. The molecule has 5 nitrogen and oxygen atoms in total. The summed E-state index contributed by atoms with van der Waals surface area (Å²) in [6, 6.07) is 6.16. The van der Waals surface area contributed by atoms with Gasteiger partial charge in [0.1, 0.15) is 10.7 Å². The molecule has 0 radical (unpaired) electrons. The highest BCUT2D eigenvalue weighted by atomic mass is 32.2. The number of carbonyl (C=O) groups excluding carboxylic acids is 1. The molecule has 0 aliphatic carbocycles. The Kier molecular flexibility index (Phi) is 6.59. The lowest BCUT2D eigenvalue weighted by Crippen LogP contribution is -2.44. The topological polar surface area (TPSA) is 66.1 Å². The zero-order valence-corrected chi connectivity index (χ0v) is 20.1. The highest BCUT2D eigenvalue weighted by Gasteiger charge is 2.43. The van der Waals surface area contributed by atoms with Gasteiger partial charge in [-0.15, -0.1) is 23.1 Å². The number of aromatic nitrogens is 2. The molecule has 0 bridgehead atoms. The maximum Gasteiger partial charge on any atom is 0.393 e. The number of H-pyrrole nitrogens is 1. The highest BCUT2D eigenvalue weighted by molar-refractivity contribution is 7.98. The van der Waals surface area contributed by atoms with Crippen LogP contribution in [0.5, 0.6) is 0 Å². The van der Waals surface area contributed by atoms with Crippen molar-refractivity contribution in [2.45, 2.75) is 50.4 Å². The number of carbonyl (C=O) groups is 1. The predicted molar refractivity (Wildman–Crippen MR) is 125 cm³/mol. The second-order valence-electron chi connectivity index (χ2n) is 8.44. The van der Waals surface area contributed by atoms with Crippen LogP contribution in [-0.2, 0) is 5.75 Å². The first-order chi connectivity index (χ1) is 15.5. The molecular formula is C23H24F3N3O2S2. The number of rotatable bonds is 4. The summed E-state index contributed by atoms with van der Waals surface area (Å²) >= 11 is 2.64. The van der Waals surface area contributed by atoms with E-state index in [9.17, 15) is 22.8 Å². The van der Waals surface area contributed by atoms with E-state index in [-0.39, 0.29) is 29.9 Å². The monoisotopic (exact) mass is 495 g/mol. The van der Waals surface area contributed by atoms with E-state index in [1.54, 1.807) is 18.7 Å². The van der Waals surface area contributed by atoms with E-state index in [1.165, 1.54) is 4.90 Å². The van der Waals surface area contributed by atoms with Crippen LogP contribution in [0.4, 0.5) is 13.2 Å². The van der Waals surface area contributed by atoms with E-state index in [2.05, 4.69) is 16.0 Å². The van der Waals surface area contributed by atoms with E-state index in [4.69, 9.17) is 0 Å². The summed E-state index contributed by atoms with van der Waals surface area (Å²) in [5.74, 6) is -1.03. The van der Waals surface area contributed by atoms with E-state index < -0.39 is 18.0 Å². The number of alkyl halides is 3. The van der Waals surface area contributed by atoms with Gasteiger partial charge in [0.15, 0.2) is 0 Å². The Morgan fingerprint density at radius 2 is 2.06 bits per heavy atom. The third kappa shape index (κ3) is 4.96. The van der Waals surface area contributed by atoms with E-state index >= 15 is 0 Å². The zero-order chi connectivity index (χ0) is 23.9. The van der Waals surface area contributed by atoms with Crippen molar-refractivity contribution in [1.29, 1.82) is 0 Å². The molecule has 33 heavy (non-hydrogen) atoms. The molecule has 10 heteroatoms. The number of thioether (sulfide) groups is 1. The van der Waals surface area contributed by atoms with Crippen LogP contribution in [-0.4, -0.2) is 40.0 Å².